The lowest BCUT2D eigenvalue weighted by Crippen LogP contribution is -2.02. The molecule has 0 atom stereocenters. The van der Waals surface area contributed by atoms with Crippen LogP contribution in [0.5, 0.6) is 17.2 Å². The van der Waals surface area contributed by atoms with Gasteiger partial charge in [-0.05, 0) is 12.1 Å². The Labute approximate surface area is 92.4 Å². The van der Waals surface area contributed by atoms with Crippen LogP contribution in [-0.4, -0.2) is 31.0 Å². The molecule has 0 aliphatic carbocycles. The maximum Gasteiger partial charge on any atom is 0.203 e. The van der Waals surface area contributed by atoms with Crippen LogP contribution in [0.3, 0.4) is 0 Å². The van der Waals surface area contributed by atoms with Crippen LogP contribution in [0.2, 0.25) is 0 Å². The third-order valence-electron chi connectivity index (χ3n) is 1.94. The molecule has 0 heterocycles. The summed E-state index contributed by atoms with van der Waals surface area (Å²) in [7, 11) is 2.83. The van der Waals surface area contributed by atoms with Gasteiger partial charge in [0.1, 0.15) is 0 Å². The summed E-state index contributed by atoms with van der Waals surface area (Å²) in [6, 6.07) is 2.99. The molecular formula is C10H11ClO4. The second-order valence-corrected chi connectivity index (χ2v) is 3.02. The van der Waals surface area contributed by atoms with Crippen LogP contribution in [0.25, 0.3) is 0 Å². The van der Waals surface area contributed by atoms with Gasteiger partial charge in [0, 0.05) is 0 Å². The van der Waals surface area contributed by atoms with Crippen LogP contribution in [0, 0.1) is 0 Å². The minimum absolute atomic E-state index is 0.127. The molecule has 0 aromatic heterocycles. The number of carbonyl (C=O) groups is 1. The first-order valence-corrected chi connectivity index (χ1v) is 4.72. The van der Waals surface area contributed by atoms with Gasteiger partial charge in [-0.1, -0.05) is 0 Å². The zero-order chi connectivity index (χ0) is 11.4. The van der Waals surface area contributed by atoms with Crippen molar-refractivity contribution in [3.63, 3.8) is 0 Å². The van der Waals surface area contributed by atoms with Crippen LogP contribution < -0.4 is 9.47 Å². The third-order valence-corrected chi connectivity index (χ3v) is 2.18. The number of hydrogen-bond donors (Lipinski definition) is 1. The smallest absolute Gasteiger partial charge is 0.203 e. The summed E-state index contributed by atoms with van der Waals surface area (Å²) in [5.74, 6) is -0.310. The molecule has 0 spiro atoms. The topological polar surface area (TPSA) is 55.8 Å². The number of ether oxygens (including phenoxy) is 2. The van der Waals surface area contributed by atoms with Crippen LogP contribution in [0.1, 0.15) is 10.4 Å². The summed E-state index contributed by atoms with van der Waals surface area (Å²) in [4.78, 5) is 11.3. The van der Waals surface area contributed by atoms with Crippen molar-refractivity contribution in [2.45, 2.75) is 0 Å². The first-order chi connectivity index (χ1) is 7.15. The second-order valence-electron chi connectivity index (χ2n) is 2.75. The molecule has 0 unspecified atom stereocenters. The minimum atomic E-state index is -0.366. The van der Waals surface area contributed by atoms with Gasteiger partial charge >= 0.3 is 0 Å². The number of Topliss-reactive ketones (excluding diaryl/α,β-unsaturated/α-hetero) is 1. The molecule has 1 aromatic carbocycles. The predicted octanol–water partition coefficient (Wildman–Crippen LogP) is 1.83. The third kappa shape index (κ3) is 2.15. The van der Waals surface area contributed by atoms with E-state index < -0.39 is 0 Å². The summed E-state index contributed by atoms with van der Waals surface area (Å²) in [6.07, 6.45) is 0. The molecule has 0 aliphatic rings. The summed E-state index contributed by atoms with van der Waals surface area (Å²) < 4.78 is 9.89. The van der Waals surface area contributed by atoms with Gasteiger partial charge in [-0.15, -0.1) is 11.6 Å². The fourth-order valence-corrected chi connectivity index (χ4v) is 1.35. The maximum atomic E-state index is 11.3. The van der Waals surface area contributed by atoms with E-state index in [-0.39, 0.29) is 28.7 Å². The standard InChI is InChI=1S/C10H11ClO4/c1-14-8-4-3-6(7(12)5-11)9(13)10(8)15-2/h3-4,13H,5H2,1-2H3. The highest BCUT2D eigenvalue weighted by molar-refractivity contribution is 6.30. The van der Waals surface area contributed by atoms with Gasteiger partial charge in [-0.2, -0.15) is 0 Å². The van der Waals surface area contributed by atoms with E-state index in [9.17, 15) is 9.90 Å². The van der Waals surface area contributed by atoms with Crippen molar-refractivity contribution >= 4 is 17.4 Å². The van der Waals surface area contributed by atoms with Gasteiger partial charge in [0.25, 0.3) is 0 Å². The quantitative estimate of drug-likeness (QED) is 0.633. The highest BCUT2D eigenvalue weighted by atomic mass is 35.5. The van der Waals surface area contributed by atoms with E-state index in [0.717, 1.165) is 0 Å². The number of rotatable bonds is 4. The molecule has 0 bridgehead atoms. The number of phenols is 1. The summed E-state index contributed by atoms with van der Waals surface area (Å²) in [5, 5.41) is 9.72. The van der Waals surface area contributed by atoms with Crippen molar-refractivity contribution in [3.05, 3.63) is 17.7 Å². The number of alkyl halides is 1. The second kappa shape index (κ2) is 4.89. The van der Waals surface area contributed by atoms with Crippen molar-refractivity contribution in [2.75, 3.05) is 20.1 Å². The molecule has 0 fully saturated rings. The number of methoxy groups -OCH3 is 2. The minimum Gasteiger partial charge on any atom is -0.504 e. The molecule has 0 amide bonds. The van der Waals surface area contributed by atoms with Crippen LogP contribution in [-0.2, 0) is 0 Å². The van der Waals surface area contributed by atoms with E-state index in [1.165, 1.54) is 20.3 Å². The first-order valence-electron chi connectivity index (χ1n) is 4.18. The molecule has 0 saturated carbocycles. The number of aromatic hydroxyl groups is 1. The zero-order valence-corrected chi connectivity index (χ0v) is 9.17. The Bertz CT molecular complexity index is 376. The fourth-order valence-electron chi connectivity index (χ4n) is 1.21. The molecule has 4 nitrogen and oxygen atoms in total. The lowest BCUT2D eigenvalue weighted by atomic mass is 10.1. The molecule has 82 valence electrons. The fraction of sp³-hybridized carbons (Fsp3) is 0.300. The van der Waals surface area contributed by atoms with Crippen molar-refractivity contribution in [2.24, 2.45) is 0 Å². The van der Waals surface area contributed by atoms with Crippen molar-refractivity contribution in [1.29, 1.82) is 0 Å². The van der Waals surface area contributed by atoms with Crippen molar-refractivity contribution in [3.8, 4) is 17.2 Å². The van der Waals surface area contributed by atoms with E-state index in [1.807, 2.05) is 0 Å². The summed E-state index contributed by atoms with van der Waals surface area (Å²) in [6.45, 7) is 0. The van der Waals surface area contributed by atoms with E-state index in [0.29, 0.717) is 5.75 Å². The maximum absolute atomic E-state index is 11.3. The van der Waals surface area contributed by atoms with Crippen LogP contribution in [0.15, 0.2) is 12.1 Å². The highest BCUT2D eigenvalue weighted by Gasteiger charge is 2.17. The lowest BCUT2D eigenvalue weighted by Gasteiger charge is -2.11. The van der Waals surface area contributed by atoms with E-state index >= 15 is 0 Å². The van der Waals surface area contributed by atoms with Gasteiger partial charge in [-0.25, -0.2) is 0 Å². The van der Waals surface area contributed by atoms with Gasteiger partial charge in [-0.3, -0.25) is 4.79 Å². The predicted molar refractivity (Wildman–Crippen MR) is 56.3 cm³/mol. The van der Waals surface area contributed by atoms with Crippen molar-refractivity contribution < 1.29 is 19.4 Å². The summed E-state index contributed by atoms with van der Waals surface area (Å²) in [5.41, 5.74) is 0.127. The Morgan fingerprint density at radius 3 is 2.53 bits per heavy atom. The van der Waals surface area contributed by atoms with Crippen LogP contribution in [0.4, 0.5) is 0 Å². The Morgan fingerprint density at radius 1 is 1.40 bits per heavy atom. The Kier molecular flexibility index (Phi) is 3.80. The number of benzene rings is 1. The largest absolute Gasteiger partial charge is 0.504 e. The molecule has 15 heavy (non-hydrogen) atoms. The average Bonchev–Trinajstić information content (AvgIpc) is 2.27. The molecule has 0 radical (unpaired) electrons. The lowest BCUT2D eigenvalue weighted by molar-refractivity contribution is 0.101. The Balaban J connectivity index is 3.29. The van der Waals surface area contributed by atoms with Crippen LogP contribution >= 0.6 is 11.6 Å². The zero-order valence-electron chi connectivity index (χ0n) is 8.41. The molecule has 0 saturated heterocycles. The highest BCUT2D eigenvalue weighted by Crippen LogP contribution is 2.38. The van der Waals surface area contributed by atoms with E-state index in [1.54, 1.807) is 6.07 Å². The molecule has 1 N–H and O–H groups in total. The summed E-state index contributed by atoms with van der Waals surface area (Å²) >= 11 is 5.39. The normalized spacial score (nSPS) is 9.80. The molecule has 1 aromatic rings. The van der Waals surface area contributed by atoms with E-state index in [4.69, 9.17) is 21.1 Å². The molecule has 5 heteroatoms. The first kappa shape index (κ1) is 11.7. The number of hydrogen-bond acceptors (Lipinski definition) is 4. The number of ketones is 1. The van der Waals surface area contributed by atoms with Gasteiger partial charge in [0.05, 0.1) is 25.7 Å². The molecular weight excluding hydrogens is 220 g/mol. The number of carbonyl (C=O) groups excluding carboxylic acids is 1. The number of halogens is 1. The Morgan fingerprint density at radius 2 is 2.07 bits per heavy atom. The van der Waals surface area contributed by atoms with Gasteiger partial charge in [0.15, 0.2) is 17.3 Å². The Hall–Kier alpha value is -1.42. The average molecular weight is 231 g/mol. The number of phenolic OH excluding ortho intramolecular Hbond substituents is 1. The monoisotopic (exact) mass is 230 g/mol. The molecule has 0 aliphatic heterocycles. The van der Waals surface area contributed by atoms with E-state index in [2.05, 4.69) is 0 Å². The SMILES string of the molecule is COc1ccc(C(=O)CCl)c(O)c1OC. The van der Waals surface area contributed by atoms with Crippen molar-refractivity contribution in [1.82, 2.24) is 0 Å². The van der Waals surface area contributed by atoms with Gasteiger partial charge in [0.2, 0.25) is 5.75 Å². The van der Waals surface area contributed by atoms with Gasteiger partial charge < -0.3 is 14.6 Å². The molecule has 1 rings (SSSR count).